The van der Waals surface area contributed by atoms with Crippen molar-refractivity contribution >= 4 is 23.5 Å². The Morgan fingerprint density at radius 2 is 2.11 bits per heavy atom. The molecule has 2 N–H and O–H groups in total. The van der Waals surface area contributed by atoms with E-state index in [0.29, 0.717) is 6.42 Å². The first-order valence-electron chi connectivity index (χ1n) is 6.38. The monoisotopic (exact) mass is 279 g/mol. The van der Waals surface area contributed by atoms with Crippen LogP contribution in [0, 0.1) is 11.8 Å². The van der Waals surface area contributed by atoms with Gasteiger partial charge in [0.05, 0.1) is 17.9 Å². The molecule has 1 aromatic rings. The number of benzene rings is 1. The summed E-state index contributed by atoms with van der Waals surface area (Å²) in [6.45, 7) is 0. The molecule has 3 rings (SSSR count). The molecule has 100 valence electrons. The van der Waals surface area contributed by atoms with Gasteiger partial charge < -0.3 is 10.4 Å². The number of rotatable bonds is 3. The Balaban J connectivity index is 1.69. The lowest BCUT2D eigenvalue weighted by molar-refractivity contribution is -0.140. The molecule has 5 heteroatoms. The summed E-state index contributed by atoms with van der Waals surface area (Å²) in [5, 5.41) is 12.5. The number of amides is 1. The topological polar surface area (TPSA) is 66.4 Å². The normalized spacial score (nSPS) is 27.7. The molecule has 0 aromatic heterocycles. The maximum atomic E-state index is 12.0. The van der Waals surface area contributed by atoms with Gasteiger partial charge in [0, 0.05) is 5.02 Å². The molecule has 3 atom stereocenters. The molecule has 1 amide bonds. The van der Waals surface area contributed by atoms with Crippen LogP contribution in [0.5, 0.6) is 0 Å². The molecule has 2 aliphatic rings. The zero-order chi connectivity index (χ0) is 13.6. The summed E-state index contributed by atoms with van der Waals surface area (Å²) in [7, 11) is 0. The Labute approximate surface area is 115 Å². The van der Waals surface area contributed by atoms with Gasteiger partial charge in [-0.2, -0.15) is 0 Å². The van der Waals surface area contributed by atoms with Gasteiger partial charge >= 0.3 is 5.97 Å². The molecule has 0 bridgehead atoms. The number of hydrogen-bond acceptors (Lipinski definition) is 2. The lowest BCUT2D eigenvalue weighted by Gasteiger charge is -2.14. The SMILES string of the molecule is O=C(O)[C@@H]1C[C@H]1C(=O)N[C@@H]1CCc2c(Cl)cccc21. The molecular formula is C14H14ClNO3. The predicted molar refractivity (Wildman–Crippen MR) is 69.9 cm³/mol. The Kier molecular flexibility index (Phi) is 2.97. The smallest absolute Gasteiger partial charge is 0.307 e. The largest absolute Gasteiger partial charge is 0.481 e. The van der Waals surface area contributed by atoms with Gasteiger partial charge in [0.2, 0.25) is 5.91 Å². The van der Waals surface area contributed by atoms with Crippen molar-refractivity contribution in [2.45, 2.75) is 25.3 Å². The van der Waals surface area contributed by atoms with Crippen LogP contribution in [-0.2, 0) is 16.0 Å². The van der Waals surface area contributed by atoms with Crippen LogP contribution in [0.3, 0.4) is 0 Å². The number of nitrogens with one attached hydrogen (secondary N) is 1. The van der Waals surface area contributed by atoms with Gasteiger partial charge in [0.15, 0.2) is 0 Å². The average molecular weight is 280 g/mol. The molecule has 0 radical (unpaired) electrons. The summed E-state index contributed by atoms with van der Waals surface area (Å²) >= 11 is 6.12. The maximum Gasteiger partial charge on any atom is 0.307 e. The van der Waals surface area contributed by atoms with Crippen molar-refractivity contribution in [2.24, 2.45) is 11.8 Å². The third-order valence-electron chi connectivity index (χ3n) is 3.97. The van der Waals surface area contributed by atoms with Gasteiger partial charge in [0.25, 0.3) is 0 Å². The predicted octanol–water partition coefficient (Wildman–Crippen LogP) is 2.16. The highest BCUT2D eigenvalue weighted by molar-refractivity contribution is 6.31. The second kappa shape index (κ2) is 4.53. The highest BCUT2D eigenvalue weighted by Crippen LogP contribution is 2.41. The first-order chi connectivity index (χ1) is 9.08. The van der Waals surface area contributed by atoms with E-state index >= 15 is 0 Å². The second-order valence-electron chi connectivity index (χ2n) is 5.19. The molecule has 1 saturated carbocycles. The summed E-state index contributed by atoms with van der Waals surface area (Å²) in [4.78, 5) is 22.7. The van der Waals surface area contributed by atoms with Crippen molar-refractivity contribution in [3.63, 3.8) is 0 Å². The summed E-state index contributed by atoms with van der Waals surface area (Å²) in [6, 6.07) is 5.67. The van der Waals surface area contributed by atoms with Crippen molar-refractivity contribution in [1.29, 1.82) is 0 Å². The zero-order valence-electron chi connectivity index (χ0n) is 10.2. The minimum atomic E-state index is -0.880. The van der Waals surface area contributed by atoms with Crippen molar-refractivity contribution in [1.82, 2.24) is 5.32 Å². The van der Waals surface area contributed by atoms with Gasteiger partial charge in [-0.15, -0.1) is 0 Å². The number of carboxylic acids is 1. The van der Waals surface area contributed by atoms with Crippen LogP contribution >= 0.6 is 11.6 Å². The molecule has 0 spiro atoms. The number of hydrogen-bond donors (Lipinski definition) is 2. The zero-order valence-corrected chi connectivity index (χ0v) is 11.0. The summed E-state index contributed by atoms with van der Waals surface area (Å²) < 4.78 is 0. The van der Waals surface area contributed by atoms with Crippen LogP contribution in [0.15, 0.2) is 18.2 Å². The quantitative estimate of drug-likeness (QED) is 0.891. The number of aliphatic carboxylic acids is 1. The second-order valence-corrected chi connectivity index (χ2v) is 5.60. The van der Waals surface area contributed by atoms with E-state index in [1.165, 1.54) is 0 Å². The minimum absolute atomic E-state index is 0.0313. The molecule has 1 aromatic carbocycles. The molecule has 4 nitrogen and oxygen atoms in total. The van der Waals surface area contributed by atoms with E-state index in [1.807, 2.05) is 18.2 Å². The minimum Gasteiger partial charge on any atom is -0.481 e. The fourth-order valence-electron chi connectivity index (χ4n) is 2.80. The number of carbonyl (C=O) groups excluding carboxylic acids is 1. The number of carbonyl (C=O) groups is 2. The molecule has 0 aliphatic heterocycles. The number of fused-ring (bicyclic) bond motifs is 1. The van der Waals surface area contributed by atoms with E-state index in [2.05, 4.69) is 5.32 Å². The summed E-state index contributed by atoms with van der Waals surface area (Å²) in [5.74, 6) is -1.89. The molecule has 0 unspecified atom stereocenters. The van der Waals surface area contributed by atoms with E-state index in [9.17, 15) is 9.59 Å². The lowest BCUT2D eigenvalue weighted by atomic mass is 10.1. The molecule has 0 heterocycles. The lowest BCUT2D eigenvalue weighted by Crippen LogP contribution is -2.29. The van der Waals surface area contributed by atoms with E-state index in [-0.39, 0.29) is 17.9 Å². The highest BCUT2D eigenvalue weighted by atomic mass is 35.5. The Morgan fingerprint density at radius 1 is 1.32 bits per heavy atom. The van der Waals surface area contributed by atoms with Crippen molar-refractivity contribution in [3.05, 3.63) is 34.3 Å². The van der Waals surface area contributed by atoms with Crippen molar-refractivity contribution < 1.29 is 14.7 Å². The van der Waals surface area contributed by atoms with Gasteiger partial charge in [-0.1, -0.05) is 23.7 Å². The van der Waals surface area contributed by atoms with E-state index in [4.69, 9.17) is 16.7 Å². The van der Waals surface area contributed by atoms with Gasteiger partial charge in [-0.25, -0.2) is 0 Å². The van der Waals surface area contributed by atoms with Gasteiger partial charge in [-0.05, 0) is 36.5 Å². The summed E-state index contributed by atoms with van der Waals surface area (Å²) in [5.41, 5.74) is 2.16. The molecule has 19 heavy (non-hydrogen) atoms. The van der Waals surface area contributed by atoms with Crippen molar-refractivity contribution in [2.75, 3.05) is 0 Å². The van der Waals surface area contributed by atoms with Crippen LogP contribution in [0.1, 0.15) is 30.0 Å². The van der Waals surface area contributed by atoms with Gasteiger partial charge in [0.1, 0.15) is 0 Å². The fourth-order valence-corrected chi connectivity index (χ4v) is 3.07. The van der Waals surface area contributed by atoms with Gasteiger partial charge in [-0.3, -0.25) is 9.59 Å². The first-order valence-corrected chi connectivity index (χ1v) is 6.76. The van der Waals surface area contributed by atoms with Crippen molar-refractivity contribution in [3.8, 4) is 0 Å². The van der Waals surface area contributed by atoms with E-state index in [1.54, 1.807) is 0 Å². The molecular weight excluding hydrogens is 266 g/mol. The molecule has 1 fully saturated rings. The molecule has 2 aliphatic carbocycles. The van der Waals surface area contributed by atoms with Crippen LogP contribution in [0.2, 0.25) is 5.02 Å². The Hall–Kier alpha value is -1.55. The molecule has 0 saturated heterocycles. The third kappa shape index (κ3) is 2.21. The summed E-state index contributed by atoms with van der Waals surface area (Å²) in [6.07, 6.45) is 2.14. The van der Waals surface area contributed by atoms with E-state index < -0.39 is 11.9 Å². The number of carboxylic acid groups (broad SMARTS) is 1. The average Bonchev–Trinajstić information content (AvgIpc) is 3.08. The fraction of sp³-hybridized carbons (Fsp3) is 0.429. The van der Waals surface area contributed by atoms with Crippen LogP contribution < -0.4 is 5.32 Å². The van der Waals surface area contributed by atoms with Crippen LogP contribution in [0.25, 0.3) is 0 Å². The number of halogens is 1. The van der Waals surface area contributed by atoms with Crippen LogP contribution in [0.4, 0.5) is 0 Å². The van der Waals surface area contributed by atoms with E-state index in [0.717, 1.165) is 29.0 Å². The highest BCUT2D eigenvalue weighted by Gasteiger charge is 2.48. The first kappa shape index (κ1) is 12.5. The standard InChI is InChI=1S/C14H14ClNO3/c15-11-3-1-2-8-7(11)4-5-12(8)16-13(17)9-6-10(9)14(18)19/h1-3,9-10,12H,4-6H2,(H,16,17)(H,18,19)/t9-,10-,12-/m1/s1. The maximum absolute atomic E-state index is 12.0. The third-order valence-corrected chi connectivity index (χ3v) is 4.33. The van der Waals surface area contributed by atoms with Crippen LogP contribution in [-0.4, -0.2) is 17.0 Å². The Bertz CT molecular complexity index is 558. The Morgan fingerprint density at radius 3 is 2.79 bits per heavy atom.